The molecule has 0 N–H and O–H groups in total. The molecule has 1 unspecified atom stereocenters. The topological polar surface area (TPSA) is 34.4 Å². The molecule has 3 heteroatoms. The molecule has 0 amide bonds. The number of rotatable bonds is 2. The van der Waals surface area contributed by atoms with Crippen molar-refractivity contribution in [3.8, 4) is 11.1 Å². The van der Waals surface area contributed by atoms with Gasteiger partial charge in [0.2, 0.25) is 0 Å². The number of hydrogen-bond donors (Lipinski definition) is 0. The van der Waals surface area contributed by atoms with Crippen molar-refractivity contribution < 1.29 is 0 Å². The third-order valence-electron chi connectivity index (χ3n) is 7.20. The highest BCUT2D eigenvalue weighted by Crippen LogP contribution is 2.39. The minimum absolute atomic E-state index is 0.00661. The zero-order valence-electron chi connectivity index (χ0n) is 18.8. The van der Waals surface area contributed by atoms with E-state index in [0.717, 1.165) is 61.3 Å². The molecule has 6 aromatic rings. The zero-order valence-corrected chi connectivity index (χ0v) is 18.8. The van der Waals surface area contributed by atoms with Crippen LogP contribution in [-0.2, 0) is 0 Å². The standard InChI is InChI=1S/C31H22N2O/c1-19-9-5-6-12-22(19)21-17-25-23(20-10-3-2-4-11-20)15-16-24-29(25)26(18-21)31(34)33-28-14-8-7-13-27(28)32-30(24)33/h2-8,10-19H,9H2,1H3. The summed E-state index contributed by atoms with van der Waals surface area (Å²) in [6, 6.07) is 27.0. The third kappa shape index (κ3) is 2.64. The summed E-state index contributed by atoms with van der Waals surface area (Å²) in [4.78, 5) is 18.9. The van der Waals surface area contributed by atoms with Crippen LogP contribution in [0.25, 0.3) is 54.9 Å². The molecule has 0 spiro atoms. The predicted molar refractivity (Wildman–Crippen MR) is 141 cm³/mol. The lowest BCUT2D eigenvalue weighted by Crippen LogP contribution is -2.14. The van der Waals surface area contributed by atoms with Gasteiger partial charge in [-0.2, -0.15) is 0 Å². The van der Waals surface area contributed by atoms with E-state index < -0.39 is 0 Å². The van der Waals surface area contributed by atoms with E-state index in [1.165, 1.54) is 5.57 Å². The molecule has 4 aromatic carbocycles. The van der Waals surface area contributed by atoms with Gasteiger partial charge in [0.05, 0.1) is 11.0 Å². The summed E-state index contributed by atoms with van der Waals surface area (Å²) in [5.41, 5.74) is 7.10. The molecular weight excluding hydrogens is 416 g/mol. The summed E-state index contributed by atoms with van der Waals surface area (Å²) in [5, 5.41) is 3.86. The Hall–Kier alpha value is -4.24. The first-order valence-corrected chi connectivity index (χ1v) is 11.8. The Morgan fingerprint density at radius 2 is 1.65 bits per heavy atom. The first-order valence-electron chi connectivity index (χ1n) is 11.8. The molecule has 2 aromatic heterocycles. The van der Waals surface area contributed by atoms with Crippen LogP contribution >= 0.6 is 0 Å². The van der Waals surface area contributed by atoms with Gasteiger partial charge in [0.1, 0.15) is 5.65 Å². The lowest BCUT2D eigenvalue weighted by molar-refractivity contribution is 0.759. The molecular formula is C31H22N2O. The Morgan fingerprint density at radius 1 is 0.853 bits per heavy atom. The van der Waals surface area contributed by atoms with Crippen LogP contribution in [0.1, 0.15) is 18.9 Å². The first kappa shape index (κ1) is 19.2. The summed E-state index contributed by atoms with van der Waals surface area (Å²) < 4.78 is 1.79. The fourth-order valence-corrected chi connectivity index (χ4v) is 5.53. The number of allylic oxidation sites excluding steroid dienone is 4. The smallest absolute Gasteiger partial charge is 0.264 e. The van der Waals surface area contributed by atoms with E-state index in [4.69, 9.17) is 4.98 Å². The molecule has 1 atom stereocenters. The third-order valence-corrected chi connectivity index (χ3v) is 7.20. The second kappa shape index (κ2) is 7.13. The summed E-state index contributed by atoms with van der Waals surface area (Å²) in [6.07, 6.45) is 7.54. The quantitative estimate of drug-likeness (QED) is 0.286. The molecule has 1 aliphatic carbocycles. The predicted octanol–water partition coefficient (Wildman–Crippen LogP) is 7.24. The average molecular weight is 439 g/mol. The summed E-state index contributed by atoms with van der Waals surface area (Å²) >= 11 is 0. The molecule has 0 fully saturated rings. The largest absolute Gasteiger partial charge is 0.268 e. The van der Waals surface area contributed by atoms with Gasteiger partial charge in [-0.25, -0.2) is 4.98 Å². The summed E-state index contributed by atoms with van der Waals surface area (Å²) in [7, 11) is 0. The number of pyridine rings is 1. The molecule has 3 nitrogen and oxygen atoms in total. The van der Waals surface area contributed by atoms with E-state index in [2.05, 4.69) is 73.7 Å². The summed E-state index contributed by atoms with van der Waals surface area (Å²) in [6.45, 7) is 2.25. The highest BCUT2D eigenvalue weighted by molar-refractivity contribution is 6.20. The van der Waals surface area contributed by atoms with E-state index in [1.807, 2.05) is 30.3 Å². The lowest BCUT2D eigenvalue weighted by atomic mass is 9.85. The molecule has 0 bridgehead atoms. The molecule has 162 valence electrons. The average Bonchev–Trinajstić information content (AvgIpc) is 3.27. The van der Waals surface area contributed by atoms with E-state index in [1.54, 1.807) is 4.40 Å². The number of hydrogen-bond acceptors (Lipinski definition) is 2. The van der Waals surface area contributed by atoms with Crippen molar-refractivity contribution in [3.63, 3.8) is 0 Å². The SMILES string of the molecule is CC1CC=CC=C1c1cc2c(-c3ccccc3)ccc3c2c(c1)c(=O)n1c2ccccc2nc31. The molecule has 0 radical (unpaired) electrons. The molecule has 7 rings (SSSR count). The molecule has 0 saturated carbocycles. The number of para-hydroxylation sites is 2. The number of imidazole rings is 1. The van der Waals surface area contributed by atoms with Gasteiger partial charge in [-0.15, -0.1) is 0 Å². The molecule has 1 aliphatic rings. The highest BCUT2D eigenvalue weighted by Gasteiger charge is 2.21. The Labute approximate surface area is 196 Å². The van der Waals surface area contributed by atoms with Gasteiger partial charge < -0.3 is 0 Å². The van der Waals surface area contributed by atoms with Crippen molar-refractivity contribution in [3.05, 3.63) is 113 Å². The van der Waals surface area contributed by atoms with Crippen LogP contribution in [0, 0.1) is 5.92 Å². The van der Waals surface area contributed by atoms with Gasteiger partial charge in [-0.05, 0) is 70.3 Å². The van der Waals surface area contributed by atoms with Crippen molar-refractivity contribution in [2.75, 3.05) is 0 Å². The van der Waals surface area contributed by atoms with Gasteiger partial charge in [0.15, 0.2) is 0 Å². The van der Waals surface area contributed by atoms with Gasteiger partial charge in [-0.1, -0.05) is 73.7 Å². The van der Waals surface area contributed by atoms with E-state index in [0.29, 0.717) is 5.92 Å². The summed E-state index contributed by atoms with van der Waals surface area (Å²) in [5.74, 6) is 0.404. The van der Waals surface area contributed by atoms with Crippen LogP contribution < -0.4 is 5.56 Å². The minimum Gasteiger partial charge on any atom is -0.268 e. The van der Waals surface area contributed by atoms with E-state index in [-0.39, 0.29) is 5.56 Å². The zero-order chi connectivity index (χ0) is 22.8. The van der Waals surface area contributed by atoms with Crippen LogP contribution in [0.4, 0.5) is 0 Å². The van der Waals surface area contributed by atoms with Crippen LogP contribution in [0.5, 0.6) is 0 Å². The number of fused-ring (bicyclic) bond motifs is 4. The first-order chi connectivity index (χ1) is 16.7. The van der Waals surface area contributed by atoms with Crippen molar-refractivity contribution >= 4 is 43.8 Å². The maximum atomic E-state index is 14.0. The lowest BCUT2D eigenvalue weighted by Gasteiger charge is -2.20. The molecule has 0 saturated heterocycles. The Morgan fingerprint density at radius 3 is 2.50 bits per heavy atom. The van der Waals surface area contributed by atoms with Crippen LogP contribution in [0.3, 0.4) is 0 Å². The molecule has 2 heterocycles. The minimum atomic E-state index is -0.00661. The molecule has 0 aliphatic heterocycles. The van der Waals surface area contributed by atoms with Crippen molar-refractivity contribution in [1.29, 1.82) is 0 Å². The van der Waals surface area contributed by atoms with Gasteiger partial charge in [-0.3, -0.25) is 9.20 Å². The maximum Gasteiger partial charge on any atom is 0.264 e. The van der Waals surface area contributed by atoms with Crippen molar-refractivity contribution in [1.82, 2.24) is 9.38 Å². The molecule has 34 heavy (non-hydrogen) atoms. The van der Waals surface area contributed by atoms with Gasteiger partial charge >= 0.3 is 0 Å². The second-order valence-corrected chi connectivity index (χ2v) is 9.22. The number of aromatic nitrogens is 2. The second-order valence-electron chi connectivity index (χ2n) is 9.22. The fourth-order valence-electron chi connectivity index (χ4n) is 5.53. The Balaban J connectivity index is 1.70. The van der Waals surface area contributed by atoms with Gasteiger partial charge in [0, 0.05) is 16.2 Å². The normalized spacial score (nSPS) is 16.1. The monoisotopic (exact) mass is 438 g/mol. The number of benzene rings is 4. The highest BCUT2D eigenvalue weighted by atomic mass is 16.1. The van der Waals surface area contributed by atoms with Crippen molar-refractivity contribution in [2.24, 2.45) is 5.92 Å². The van der Waals surface area contributed by atoms with Crippen LogP contribution in [0.15, 0.2) is 102 Å². The van der Waals surface area contributed by atoms with Crippen molar-refractivity contribution in [2.45, 2.75) is 13.3 Å². The maximum absolute atomic E-state index is 14.0. The van der Waals surface area contributed by atoms with E-state index in [9.17, 15) is 4.79 Å². The number of nitrogens with zero attached hydrogens (tertiary/aromatic N) is 2. The van der Waals surface area contributed by atoms with Gasteiger partial charge in [0.25, 0.3) is 5.56 Å². The van der Waals surface area contributed by atoms with E-state index >= 15 is 0 Å². The van der Waals surface area contributed by atoms with Crippen LogP contribution in [0.2, 0.25) is 0 Å². The van der Waals surface area contributed by atoms with Crippen LogP contribution in [-0.4, -0.2) is 9.38 Å². The Bertz CT molecular complexity index is 1860. The Kier molecular flexibility index (Phi) is 4.04. The fraction of sp³-hybridized carbons (Fsp3) is 0.0968.